The summed E-state index contributed by atoms with van der Waals surface area (Å²) in [5.74, 6) is -0.719. The Morgan fingerprint density at radius 2 is 2.28 bits per heavy atom. The highest BCUT2D eigenvalue weighted by Crippen LogP contribution is 2.18. The number of carbonyl (C=O) groups excluding carboxylic acids is 1. The zero-order valence-electron chi connectivity index (χ0n) is 10.5. The van der Waals surface area contributed by atoms with E-state index in [0.29, 0.717) is 12.1 Å². The van der Waals surface area contributed by atoms with E-state index in [1.54, 1.807) is 0 Å². The van der Waals surface area contributed by atoms with E-state index in [-0.39, 0.29) is 17.0 Å². The summed E-state index contributed by atoms with van der Waals surface area (Å²) in [6, 6.07) is 3.99. The first-order valence-corrected chi connectivity index (χ1v) is 6.28. The number of alkyl halides is 1. The number of hydrogen-bond acceptors (Lipinski definition) is 2. The van der Waals surface area contributed by atoms with Gasteiger partial charge >= 0.3 is 0 Å². The van der Waals surface area contributed by atoms with Crippen molar-refractivity contribution in [1.82, 2.24) is 5.32 Å². The summed E-state index contributed by atoms with van der Waals surface area (Å²) < 4.78 is 18.0. The lowest BCUT2D eigenvalue weighted by atomic mass is 10.2. The molecule has 100 valence electrons. The standard InChI is InChI=1S/C13H17ClFNO2/c1-3-4-10(14)8-16-13(17)9-5-6-11(15)12(7-9)18-2/h5-7,10H,3-4,8H2,1-2H3,(H,16,17). The van der Waals surface area contributed by atoms with Crippen molar-refractivity contribution in [3.63, 3.8) is 0 Å². The fraction of sp³-hybridized carbons (Fsp3) is 0.462. The monoisotopic (exact) mass is 273 g/mol. The van der Waals surface area contributed by atoms with Crippen LogP contribution in [0, 0.1) is 5.82 Å². The molecule has 0 bridgehead atoms. The number of rotatable bonds is 6. The van der Waals surface area contributed by atoms with Gasteiger partial charge in [0.15, 0.2) is 11.6 Å². The fourth-order valence-corrected chi connectivity index (χ4v) is 1.82. The molecular formula is C13H17ClFNO2. The van der Waals surface area contributed by atoms with Crippen LogP contribution in [0.1, 0.15) is 30.1 Å². The molecule has 3 nitrogen and oxygen atoms in total. The summed E-state index contributed by atoms with van der Waals surface area (Å²) in [7, 11) is 1.36. The van der Waals surface area contributed by atoms with Crippen molar-refractivity contribution in [1.29, 1.82) is 0 Å². The van der Waals surface area contributed by atoms with Crippen LogP contribution in [0.2, 0.25) is 0 Å². The maximum Gasteiger partial charge on any atom is 0.251 e. The molecule has 0 saturated carbocycles. The molecule has 0 heterocycles. The molecule has 1 rings (SSSR count). The van der Waals surface area contributed by atoms with E-state index in [9.17, 15) is 9.18 Å². The molecule has 0 radical (unpaired) electrons. The van der Waals surface area contributed by atoms with Crippen molar-refractivity contribution in [2.45, 2.75) is 25.1 Å². The molecule has 0 saturated heterocycles. The summed E-state index contributed by atoms with van der Waals surface area (Å²) in [5, 5.41) is 2.62. The quantitative estimate of drug-likeness (QED) is 0.809. The molecule has 18 heavy (non-hydrogen) atoms. The summed E-state index contributed by atoms with van der Waals surface area (Å²) >= 11 is 6.00. The van der Waals surface area contributed by atoms with Gasteiger partial charge in [0, 0.05) is 12.1 Å². The van der Waals surface area contributed by atoms with Crippen molar-refractivity contribution in [2.24, 2.45) is 0 Å². The number of carbonyl (C=O) groups is 1. The second-order valence-corrected chi connectivity index (χ2v) is 4.56. The molecule has 5 heteroatoms. The fourth-order valence-electron chi connectivity index (χ4n) is 1.52. The minimum atomic E-state index is -0.491. The maximum absolute atomic E-state index is 13.2. The highest BCUT2D eigenvalue weighted by Gasteiger charge is 2.11. The van der Waals surface area contributed by atoms with Crippen LogP contribution in [0.15, 0.2) is 18.2 Å². The Morgan fingerprint density at radius 3 is 2.89 bits per heavy atom. The number of amides is 1. The lowest BCUT2D eigenvalue weighted by molar-refractivity contribution is 0.0953. The van der Waals surface area contributed by atoms with Crippen LogP contribution in [0.25, 0.3) is 0 Å². The number of methoxy groups -OCH3 is 1. The summed E-state index contributed by atoms with van der Waals surface area (Å²) in [6.45, 7) is 2.43. The average molecular weight is 274 g/mol. The summed E-state index contributed by atoms with van der Waals surface area (Å²) in [6.07, 6.45) is 1.81. The molecule has 0 aromatic heterocycles. The van der Waals surface area contributed by atoms with E-state index < -0.39 is 5.82 Å². The predicted octanol–water partition coefficient (Wildman–Crippen LogP) is 2.97. The third-order valence-electron chi connectivity index (χ3n) is 2.50. The molecule has 1 N–H and O–H groups in total. The predicted molar refractivity (Wildman–Crippen MR) is 69.8 cm³/mol. The number of nitrogens with one attached hydrogen (secondary N) is 1. The summed E-state index contributed by atoms with van der Waals surface area (Å²) in [4.78, 5) is 11.8. The SMILES string of the molecule is CCCC(Cl)CNC(=O)c1ccc(F)c(OC)c1. The number of hydrogen-bond donors (Lipinski definition) is 1. The zero-order chi connectivity index (χ0) is 13.5. The van der Waals surface area contributed by atoms with Crippen molar-refractivity contribution in [3.8, 4) is 5.75 Å². The highest BCUT2D eigenvalue weighted by atomic mass is 35.5. The van der Waals surface area contributed by atoms with Gasteiger partial charge in [0.2, 0.25) is 0 Å². The van der Waals surface area contributed by atoms with Crippen molar-refractivity contribution < 1.29 is 13.9 Å². The zero-order valence-corrected chi connectivity index (χ0v) is 11.3. The molecule has 1 unspecified atom stereocenters. The Kier molecular flexibility index (Phi) is 5.92. The van der Waals surface area contributed by atoms with Gasteiger partial charge < -0.3 is 10.1 Å². The van der Waals surface area contributed by atoms with Crippen molar-refractivity contribution in [3.05, 3.63) is 29.6 Å². The molecule has 0 aliphatic carbocycles. The third-order valence-corrected chi connectivity index (χ3v) is 2.87. The molecular weight excluding hydrogens is 257 g/mol. The Bertz CT molecular complexity index is 412. The van der Waals surface area contributed by atoms with E-state index in [0.717, 1.165) is 12.8 Å². The maximum atomic E-state index is 13.2. The first kappa shape index (κ1) is 14.8. The lowest BCUT2D eigenvalue weighted by Gasteiger charge is -2.10. The number of ether oxygens (including phenoxy) is 1. The Morgan fingerprint density at radius 1 is 1.56 bits per heavy atom. The van der Waals surface area contributed by atoms with Crippen LogP contribution < -0.4 is 10.1 Å². The largest absolute Gasteiger partial charge is 0.494 e. The molecule has 0 spiro atoms. The van der Waals surface area contributed by atoms with Gasteiger partial charge in [-0.15, -0.1) is 11.6 Å². The van der Waals surface area contributed by atoms with Crippen molar-refractivity contribution >= 4 is 17.5 Å². The second-order valence-electron chi connectivity index (χ2n) is 3.95. The van der Waals surface area contributed by atoms with E-state index in [1.807, 2.05) is 6.92 Å². The van der Waals surface area contributed by atoms with Crippen LogP contribution in [-0.2, 0) is 0 Å². The van der Waals surface area contributed by atoms with E-state index in [2.05, 4.69) is 5.32 Å². The summed E-state index contributed by atoms with van der Waals surface area (Å²) in [5.41, 5.74) is 0.355. The number of halogens is 2. The van der Waals surface area contributed by atoms with E-state index in [1.165, 1.54) is 25.3 Å². The molecule has 1 aromatic carbocycles. The van der Waals surface area contributed by atoms with Gasteiger partial charge in [0.1, 0.15) is 0 Å². The van der Waals surface area contributed by atoms with Gasteiger partial charge in [-0.3, -0.25) is 4.79 Å². The Labute approximate surface area is 111 Å². The molecule has 1 atom stereocenters. The average Bonchev–Trinajstić information content (AvgIpc) is 2.37. The van der Waals surface area contributed by atoms with E-state index >= 15 is 0 Å². The van der Waals surface area contributed by atoms with Crippen LogP contribution >= 0.6 is 11.6 Å². The van der Waals surface area contributed by atoms with Gasteiger partial charge in [-0.2, -0.15) is 0 Å². The molecule has 0 fully saturated rings. The molecule has 0 aliphatic heterocycles. The minimum Gasteiger partial charge on any atom is -0.494 e. The second kappa shape index (κ2) is 7.21. The third kappa shape index (κ3) is 4.18. The van der Waals surface area contributed by atoms with Gasteiger partial charge in [0.05, 0.1) is 12.5 Å². The van der Waals surface area contributed by atoms with Gasteiger partial charge in [-0.05, 0) is 24.6 Å². The van der Waals surface area contributed by atoms with Crippen molar-refractivity contribution in [2.75, 3.05) is 13.7 Å². The van der Waals surface area contributed by atoms with Gasteiger partial charge in [-0.1, -0.05) is 13.3 Å². The number of benzene rings is 1. The molecule has 0 aliphatic rings. The Hall–Kier alpha value is -1.29. The smallest absolute Gasteiger partial charge is 0.251 e. The normalized spacial score (nSPS) is 12.0. The van der Waals surface area contributed by atoms with Gasteiger partial charge in [-0.25, -0.2) is 4.39 Å². The molecule has 1 aromatic rings. The minimum absolute atomic E-state index is 0.0543. The van der Waals surface area contributed by atoms with Gasteiger partial charge in [0.25, 0.3) is 5.91 Å². The first-order valence-electron chi connectivity index (χ1n) is 5.84. The van der Waals surface area contributed by atoms with Crippen LogP contribution in [0.5, 0.6) is 5.75 Å². The van der Waals surface area contributed by atoms with E-state index in [4.69, 9.17) is 16.3 Å². The lowest BCUT2D eigenvalue weighted by Crippen LogP contribution is -2.29. The van der Waals surface area contributed by atoms with Crippen LogP contribution in [0.4, 0.5) is 4.39 Å². The van der Waals surface area contributed by atoms with Crippen LogP contribution in [0.3, 0.4) is 0 Å². The highest BCUT2D eigenvalue weighted by molar-refractivity contribution is 6.20. The molecule has 1 amide bonds. The first-order chi connectivity index (χ1) is 8.58. The Balaban J connectivity index is 2.61. The topological polar surface area (TPSA) is 38.3 Å². The van der Waals surface area contributed by atoms with Crippen LogP contribution in [-0.4, -0.2) is 24.9 Å².